The molecule has 0 bridgehead atoms. The van der Waals surface area contributed by atoms with Crippen molar-refractivity contribution in [3.63, 3.8) is 0 Å². The summed E-state index contributed by atoms with van der Waals surface area (Å²) in [5.74, 6) is 0. The quantitative estimate of drug-likeness (QED) is 0.260. The van der Waals surface area contributed by atoms with Crippen molar-refractivity contribution in [1.29, 1.82) is 10.5 Å². The highest BCUT2D eigenvalue weighted by atomic mass is 79.9. The molecular weight excluding hydrogens is 516 g/mol. The fraction of sp³-hybridized carbons (Fsp3) is 0.0400. The first-order valence-corrected chi connectivity index (χ1v) is 11.0. The molecule has 4 aromatic rings. The number of nitriles is 2. The Morgan fingerprint density at radius 3 is 1.32 bits per heavy atom. The van der Waals surface area contributed by atoms with Crippen LogP contribution in [0.25, 0.3) is 11.4 Å². The molecule has 0 saturated carbocycles. The second-order valence-corrected chi connectivity index (χ2v) is 8.81. The fourth-order valence-electron chi connectivity index (χ4n) is 4.36. The third kappa shape index (κ3) is 2.91. The summed E-state index contributed by atoms with van der Waals surface area (Å²) < 4.78 is 1.46. The van der Waals surface area contributed by atoms with E-state index in [0.717, 1.165) is 42.8 Å². The fourth-order valence-corrected chi connectivity index (χ4v) is 4.98. The number of hydrogen-bond donors (Lipinski definition) is 0. The molecule has 0 saturated heterocycles. The third-order valence-corrected chi connectivity index (χ3v) is 6.53. The number of aromatic nitrogens is 2. The zero-order valence-electron chi connectivity index (χ0n) is 16.0. The van der Waals surface area contributed by atoms with Gasteiger partial charge in [-0.1, -0.05) is 36.4 Å². The number of hydrogen-bond acceptors (Lipinski definition) is 4. The first kappa shape index (κ1) is 19.6. The normalized spacial score (nSPS) is 13.0. The van der Waals surface area contributed by atoms with E-state index in [-0.39, 0.29) is 0 Å². The van der Waals surface area contributed by atoms with Gasteiger partial charge in [-0.05, 0) is 90.5 Å². The van der Waals surface area contributed by atoms with Gasteiger partial charge in [0, 0.05) is 0 Å². The summed E-state index contributed by atoms with van der Waals surface area (Å²) in [6, 6.07) is 27.6. The van der Waals surface area contributed by atoms with Crippen LogP contribution in [0.3, 0.4) is 0 Å². The van der Waals surface area contributed by atoms with Crippen molar-refractivity contribution in [3.8, 4) is 23.5 Å². The van der Waals surface area contributed by atoms with E-state index < -0.39 is 5.41 Å². The predicted molar refractivity (Wildman–Crippen MR) is 124 cm³/mol. The molecule has 0 spiro atoms. The van der Waals surface area contributed by atoms with Gasteiger partial charge in [-0.25, -0.2) is 9.97 Å². The maximum absolute atomic E-state index is 9.30. The molecule has 0 aliphatic heterocycles. The molecular formula is C25H12Br2N4. The molecule has 4 nitrogen and oxygen atoms in total. The average molecular weight is 528 g/mol. The lowest BCUT2D eigenvalue weighted by Crippen LogP contribution is -2.28. The Morgan fingerprint density at radius 2 is 0.968 bits per heavy atom. The average Bonchev–Trinajstić information content (AvgIpc) is 3.09. The molecule has 0 radical (unpaired) electrons. The van der Waals surface area contributed by atoms with Gasteiger partial charge in [0.1, 0.15) is 9.21 Å². The van der Waals surface area contributed by atoms with Crippen molar-refractivity contribution < 1.29 is 0 Å². The zero-order valence-corrected chi connectivity index (χ0v) is 19.1. The van der Waals surface area contributed by atoms with Crippen molar-refractivity contribution in [1.82, 2.24) is 9.97 Å². The van der Waals surface area contributed by atoms with Gasteiger partial charge in [0.25, 0.3) is 0 Å². The molecule has 0 unspecified atom stereocenters. The maximum Gasteiger partial charge on any atom is 0.106 e. The minimum atomic E-state index is -0.673. The number of benzene rings is 2. The molecule has 0 atom stereocenters. The maximum atomic E-state index is 9.30. The lowest BCUT2D eigenvalue weighted by molar-refractivity contribution is 0.763. The minimum absolute atomic E-state index is 0.597. The molecule has 1 aliphatic carbocycles. The van der Waals surface area contributed by atoms with E-state index in [1.165, 1.54) is 0 Å². The number of pyridine rings is 2. The van der Waals surface area contributed by atoms with Gasteiger partial charge in [-0.15, -0.1) is 0 Å². The van der Waals surface area contributed by atoms with Crippen molar-refractivity contribution in [2.45, 2.75) is 5.41 Å². The van der Waals surface area contributed by atoms with E-state index in [1.54, 1.807) is 0 Å². The molecule has 0 amide bonds. The molecule has 2 aromatic carbocycles. The highest BCUT2D eigenvalue weighted by molar-refractivity contribution is 9.10. The summed E-state index contributed by atoms with van der Waals surface area (Å²) in [6.07, 6.45) is 0. The standard InChI is InChI=1S/C25H12Br2N4/c26-21-11-9-19-23(30-21)24-20(10-12-22(27)31-24)25(19,17-5-1-15(13-28)2-6-17)18-7-3-16(14-29)4-8-18/h1-12H. The van der Waals surface area contributed by atoms with E-state index in [2.05, 4.69) is 56.1 Å². The summed E-state index contributed by atoms with van der Waals surface area (Å²) in [5, 5.41) is 18.6. The van der Waals surface area contributed by atoms with Crippen LogP contribution in [0.2, 0.25) is 0 Å². The number of nitrogens with zero attached hydrogens (tertiary/aromatic N) is 4. The number of rotatable bonds is 2. The number of halogens is 2. The van der Waals surface area contributed by atoms with E-state index in [1.807, 2.05) is 60.7 Å². The molecule has 2 heterocycles. The summed E-state index contributed by atoms with van der Waals surface area (Å²) in [4.78, 5) is 9.56. The lowest BCUT2D eigenvalue weighted by atomic mass is 9.68. The smallest absolute Gasteiger partial charge is 0.106 e. The first-order chi connectivity index (χ1) is 15.1. The van der Waals surface area contributed by atoms with Crippen LogP contribution in [0.5, 0.6) is 0 Å². The minimum Gasteiger partial charge on any atom is -0.239 e. The van der Waals surface area contributed by atoms with E-state index in [9.17, 15) is 10.5 Å². The Balaban J connectivity index is 1.93. The van der Waals surface area contributed by atoms with E-state index >= 15 is 0 Å². The van der Waals surface area contributed by atoms with Gasteiger partial charge in [-0.2, -0.15) is 10.5 Å². The Bertz CT molecular complexity index is 1300. The van der Waals surface area contributed by atoms with Gasteiger partial charge in [0.05, 0.1) is 40.1 Å². The van der Waals surface area contributed by atoms with Crippen LogP contribution in [0.1, 0.15) is 33.4 Å². The van der Waals surface area contributed by atoms with Gasteiger partial charge in [0.15, 0.2) is 0 Å². The Hall–Kier alpha value is -3.32. The van der Waals surface area contributed by atoms with Gasteiger partial charge in [0.2, 0.25) is 0 Å². The van der Waals surface area contributed by atoms with Crippen LogP contribution in [0.4, 0.5) is 0 Å². The number of fused-ring (bicyclic) bond motifs is 3. The molecule has 146 valence electrons. The molecule has 0 N–H and O–H groups in total. The second-order valence-electron chi connectivity index (χ2n) is 7.19. The largest absolute Gasteiger partial charge is 0.239 e. The molecule has 0 fully saturated rings. The Labute approximate surface area is 196 Å². The molecule has 2 aromatic heterocycles. The molecule has 31 heavy (non-hydrogen) atoms. The SMILES string of the molecule is N#Cc1ccc(C2(c3ccc(C#N)cc3)c3ccc(Br)nc3-c3nc(Br)ccc32)cc1. The van der Waals surface area contributed by atoms with Crippen LogP contribution >= 0.6 is 31.9 Å². The van der Waals surface area contributed by atoms with Crippen LogP contribution in [-0.4, -0.2) is 9.97 Å². The monoisotopic (exact) mass is 526 g/mol. The second kappa shape index (κ2) is 7.42. The van der Waals surface area contributed by atoms with Crippen LogP contribution in [0.15, 0.2) is 82.0 Å². The highest BCUT2D eigenvalue weighted by Crippen LogP contribution is 2.55. The first-order valence-electron chi connectivity index (χ1n) is 9.43. The Kier molecular flexibility index (Phi) is 4.70. The predicted octanol–water partition coefficient (Wildman–Crippen LogP) is 6.11. The van der Waals surface area contributed by atoms with Crippen molar-refractivity contribution in [2.75, 3.05) is 0 Å². The van der Waals surface area contributed by atoms with Crippen LogP contribution in [-0.2, 0) is 5.41 Å². The summed E-state index contributed by atoms with van der Waals surface area (Å²) in [7, 11) is 0. The van der Waals surface area contributed by atoms with Crippen molar-refractivity contribution in [3.05, 3.63) is 115 Å². The molecule has 5 rings (SSSR count). The van der Waals surface area contributed by atoms with Gasteiger partial charge >= 0.3 is 0 Å². The summed E-state index contributed by atoms with van der Waals surface area (Å²) in [5.41, 5.74) is 6.15. The molecule has 6 heteroatoms. The third-order valence-electron chi connectivity index (χ3n) is 5.65. The van der Waals surface area contributed by atoms with Gasteiger partial charge in [-0.3, -0.25) is 0 Å². The van der Waals surface area contributed by atoms with Crippen molar-refractivity contribution in [2.24, 2.45) is 0 Å². The van der Waals surface area contributed by atoms with E-state index in [4.69, 9.17) is 9.97 Å². The zero-order chi connectivity index (χ0) is 21.6. The van der Waals surface area contributed by atoms with Crippen LogP contribution in [0, 0.1) is 22.7 Å². The van der Waals surface area contributed by atoms with Gasteiger partial charge < -0.3 is 0 Å². The Morgan fingerprint density at radius 1 is 0.581 bits per heavy atom. The van der Waals surface area contributed by atoms with Crippen LogP contribution < -0.4 is 0 Å². The topological polar surface area (TPSA) is 73.4 Å². The van der Waals surface area contributed by atoms with E-state index in [0.29, 0.717) is 11.1 Å². The van der Waals surface area contributed by atoms with Crippen molar-refractivity contribution >= 4 is 31.9 Å². The molecule has 1 aliphatic rings. The summed E-state index contributed by atoms with van der Waals surface area (Å²) in [6.45, 7) is 0. The lowest BCUT2D eigenvalue weighted by Gasteiger charge is -2.33. The highest BCUT2D eigenvalue weighted by Gasteiger charge is 2.48. The summed E-state index contributed by atoms with van der Waals surface area (Å²) >= 11 is 7.00.